The van der Waals surface area contributed by atoms with Gasteiger partial charge in [0.1, 0.15) is 0 Å². The highest BCUT2D eigenvalue weighted by Crippen LogP contribution is 2.62. The third-order valence-electron chi connectivity index (χ3n) is 6.12. The van der Waals surface area contributed by atoms with Crippen molar-refractivity contribution in [3.8, 4) is 0 Å². The highest BCUT2D eigenvalue weighted by atomic mass is 14.8. The maximum atomic E-state index is 6.27. The molecular weight excluding hydrogens is 220 g/mol. The van der Waals surface area contributed by atoms with Gasteiger partial charge in [-0.3, -0.25) is 0 Å². The molecule has 1 aromatic rings. The van der Waals surface area contributed by atoms with Crippen molar-refractivity contribution in [2.24, 2.45) is 29.4 Å². The third-order valence-corrected chi connectivity index (χ3v) is 6.12. The maximum Gasteiger partial charge on any atom is 0.0210 e. The molecule has 4 aliphatic carbocycles. The van der Waals surface area contributed by atoms with Gasteiger partial charge in [-0.2, -0.15) is 0 Å². The molecule has 3 unspecified atom stereocenters. The van der Waals surface area contributed by atoms with E-state index in [1.807, 2.05) is 0 Å². The normalized spacial score (nSPS) is 47.4. The molecule has 0 spiro atoms. The van der Waals surface area contributed by atoms with Crippen molar-refractivity contribution in [2.45, 2.75) is 50.5 Å². The lowest BCUT2D eigenvalue weighted by molar-refractivity contribution is -0.0644. The number of aromatic amines is 1. The summed E-state index contributed by atoms with van der Waals surface area (Å²) in [5.74, 6) is 3.55. The van der Waals surface area contributed by atoms with Crippen LogP contribution in [0, 0.1) is 23.7 Å². The molecule has 4 bridgehead atoms. The van der Waals surface area contributed by atoms with E-state index < -0.39 is 0 Å². The van der Waals surface area contributed by atoms with E-state index in [-0.39, 0.29) is 0 Å². The lowest BCUT2D eigenvalue weighted by Crippen LogP contribution is -2.56. The zero-order valence-electron chi connectivity index (χ0n) is 11.2. The first-order valence-electron chi connectivity index (χ1n) is 7.57. The van der Waals surface area contributed by atoms with Gasteiger partial charge >= 0.3 is 0 Å². The summed E-state index contributed by atoms with van der Waals surface area (Å²) in [5.41, 5.74) is 8.25. The van der Waals surface area contributed by atoms with Gasteiger partial charge in [0.25, 0.3) is 0 Å². The summed E-state index contributed by atoms with van der Waals surface area (Å²) in [4.78, 5) is 3.51. The Morgan fingerprint density at radius 2 is 2.00 bits per heavy atom. The molecule has 5 rings (SSSR count). The molecule has 1 aromatic heterocycles. The van der Waals surface area contributed by atoms with Crippen LogP contribution >= 0.6 is 0 Å². The predicted octanol–water partition coefficient (Wildman–Crippen LogP) is 3.06. The molecule has 4 saturated carbocycles. The molecule has 1 heterocycles. The quantitative estimate of drug-likeness (QED) is 0.825. The fourth-order valence-electron chi connectivity index (χ4n) is 5.91. The SMILES string of the molecule is CC(N)C1C2CC3CC1CC(c1ccc[nH]1)(C3)C2. The molecule has 3 N–H and O–H groups in total. The number of nitrogens with two attached hydrogens (primary N) is 1. The second kappa shape index (κ2) is 3.63. The highest BCUT2D eigenvalue weighted by molar-refractivity contribution is 5.24. The zero-order valence-corrected chi connectivity index (χ0v) is 11.2. The molecule has 2 heteroatoms. The minimum atomic E-state index is 0.390. The molecule has 0 amide bonds. The van der Waals surface area contributed by atoms with Gasteiger partial charge in [0.15, 0.2) is 0 Å². The minimum Gasteiger partial charge on any atom is -0.365 e. The first-order chi connectivity index (χ1) is 8.68. The fraction of sp³-hybridized carbons (Fsp3) is 0.750. The van der Waals surface area contributed by atoms with Crippen LogP contribution in [0.4, 0.5) is 0 Å². The van der Waals surface area contributed by atoms with Gasteiger partial charge in [-0.05, 0) is 74.8 Å². The van der Waals surface area contributed by atoms with Crippen LogP contribution in [0.25, 0.3) is 0 Å². The molecule has 0 aliphatic heterocycles. The first-order valence-corrected chi connectivity index (χ1v) is 7.57. The van der Waals surface area contributed by atoms with E-state index in [1.165, 1.54) is 37.8 Å². The largest absolute Gasteiger partial charge is 0.365 e. The molecule has 0 radical (unpaired) electrons. The Morgan fingerprint density at radius 1 is 1.28 bits per heavy atom. The summed E-state index contributed by atoms with van der Waals surface area (Å²) < 4.78 is 0. The van der Waals surface area contributed by atoms with Crippen LogP contribution in [0.1, 0.15) is 44.7 Å². The van der Waals surface area contributed by atoms with Crippen LogP contribution in [0.5, 0.6) is 0 Å². The first kappa shape index (κ1) is 11.1. The van der Waals surface area contributed by atoms with Crippen molar-refractivity contribution >= 4 is 0 Å². The van der Waals surface area contributed by atoms with Crippen LogP contribution in [-0.4, -0.2) is 11.0 Å². The van der Waals surface area contributed by atoms with Gasteiger partial charge in [-0.15, -0.1) is 0 Å². The Kier molecular flexibility index (Phi) is 2.24. The number of aromatic nitrogens is 1. The van der Waals surface area contributed by atoms with Gasteiger partial charge in [0.05, 0.1) is 0 Å². The van der Waals surface area contributed by atoms with Crippen molar-refractivity contribution in [3.05, 3.63) is 24.0 Å². The van der Waals surface area contributed by atoms with Gasteiger partial charge in [-0.1, -0.05) is 0 Å². The van der Waals surface area contributed by atoms with Gasteiger partial charge in [0.2, 0.25) is 0 Å². The van der Waals surface area contributed by atoms with Gasteiger partial charge in [0, 0.05) is 23.3 Å². The highest BCUT2D eigenvalue weighted by Gasteiger charge is 2.56. The minimum absolute atomic E-state index is 0.390. The lowest BCUT2D eigenvalue weighted by atomic mass is 9.44. The van der Waals surface area contributed by atoms with E-state index >= 15 is 0 Å². The van der Waals surface area contributed by atoms with Crippen molar-refractivity contribution in [1.82, 2.24) is 4.98 Å². The molecule has 0 aromatic carbocycles. The molecule has 0 saturated heterocycles. The Labute approximate surface area is 109 Å². The molecule has 3 atom stereocenters. The average molecular weight is 244 g/mol. The number of H-pyrrole nitrogens is 1. The van der Waals surface area contributed by atoms with Crippen LogP contribution in [0.3, 0.4) is 0 Å². The van der Waals surface area contributed by atoms with E-state index in [1.54, 1.807) is 0 Å². The monoisotopic (exact) mass is 244 g/mol. The van der Waals surface area contributed by atoms with Crippen molar-refractivity contribution in [1.29, 1.82) is 0 Å². The number of rotatable bonds is 2. The molecule has 98 valence electrons. The summed E-state index contributed by atoms with van der Waals surface area (Å²) in [6.07, 6.45) is 9.18. The Balaban J connectivity index is 1.71. The zero-order chi connectivity index (χ0) is 12.3. The van der Waals surface area contributed by atoms with Crippen molar-refractivity contribution in [2.75, 3.05) is 0 Å². The van der Waals surface area contributed by atoms with Crippen molar-refractivity contribution < 1.29 is 0 Å². The van der Waals surface area contributed by atoms with E-state index in [0.717, 1.165) is 23.7 Å². The third kappa shape index (κ3) is 1.38. The lowest BCUT2D eigenvalue weighted by Gasteiger charge is -2.61. The number of hydrogen-bond acceptors (Lipinski definition) is 1. The molecular formula is C16H24N2. The van der Waals surface area contributed by atoms with Gasteiger partial charge < -0.3 is 10.7 Å². The molecule has 4 fully saturated rings. The summed E-state index contributed by atoms with van der Waals surface area (Å²) in [6.45, 7) is 2.23. The van der Waals surface area contributed by atoms with Crippen LogP contribution in [-0.2, 0) is 5.41 Å². The Hall–Kier alpha value is -0.760. The van der Waals surface area contributed by atoms with Crippen molar-refractivity contribution in [3.63, 3.8) is 0 Å². The predicted molar refractivity (Wildman–Crippen MR) is 73.2 cm³/mol. The summed E-state index contributed by atoms with van der Waals surface area (Å²) >= 11 is 0. The van der Waals surface area contributed by atoms with Crippen LogP contribution < -0.4 is 5.73 Å². The van der Waals surface area contributed by atoms with Crippen LogP contribution in [0.2, 0.25) is 0 Å². The number of nitrogens with one attached hydrogen (secondary N) is 1. The smallest absolute Gasteiger partial charge is 0.0210 e. The van der Waals surface area contributed by atoms with Crippen LogP contribution in [0.15, 0.2) is 18.3 Å². The van der Waals surface area contributed by atoms with Gasteiger partial charge in [-0.25, -0.2) is 0 Å². The molecule has 2 nitrogen and oxygen atoms in total. The Morgan fingerprint density at radius 3 is 2.56 bits per heavy atom. The second-order valence-corrected chi connectivity index (χ2v) is 7.27. The van der Waals surface area contributed by atoms with E-state index in [9.17, 15) is 0 Å². The molecule has 18 heavy (non-hydrogen) atoms. The standard InChI is InChI=1S/C16H24N2/c1-10(17)15-12-5-11-6-13(15)9-16(7-11,8-12)14-3-2-4-18-14/h2-4,10-13,15,18H,5-9,17H2,1H3. The second-order valence-electron chi connectivity index (χ2n) is 7.27. The summed E-state index contributed by atoms with van der Waals surface area (Å²) in [7, 11) is 0. The fourth-order valence-corrected chi connectivity index (χ4v) is 5.91. The topological polar surface area (TPSA) is 41.8 Å². The summed E-state index contributed by atoms with van der Waals surface area (Å²) in [6, 6.07) is 4.87. The van der Waals surface area contributed by atoms with E-state index in [4.69, 9.17) is 5.73 Å². The average Bonchev–Trinajstić information content (AvgIpc) is 2.80. The number of hydrogen-bond donors (Lipinski definition) is 2. The summed E-state index contributed by atoms with van der Waals surface area (Å²) in [5, 5.41) is 0. The Bertz CT molecular complexity index is 418. The molecule has 4 aliphatic rings. The van der Waals surface area contributed by atoms with E-state index in [2.05, 4.69) is 30.2 Å². The maximum absolute atomic E-state index is 6.27. The van der Waals surface area contributed by atoms with E-state index in [0.29, 0.717) is 11.5 Å².